The third-order valence-electron chi connectivity index (χ3n) is 2.10. The van der Waals surface area contributed by atoms with Gasteiger partial charge in [-0.2, -0.15) is 23.8 Å². The van der Waals surface area contributed by atoms with Crippen molar-refractivity contribution in [1.29, 1.82) is 0 Å². The molecule has 0 atom stereocenters. The summed E-state index contributed by atoms with van der Waals surface area (Å²) in [6, 6.07) is 0. The van der Waals surface area contributed by atoms with Gasteiger partial charge in [0.2, 0.25) is 0 Å². The Labute approximate surface area is 91.2 Å². The Morgan fingerprint density at radius 1 is 1.44 bits per heavy atom. The highest BCUT2D eigenvalue weighted by atomic mass is 19.3. The maximum absolute atomic E-state index is 12.5. The molecule has 0 fully saturated rings. The molecule has 0 N–H and O–H groups in total. The van der Waals surface area contributed by atoms with Crippen LogP contribution in [-0.4, -0.2) is 26.4 Å². The summed E-state index contributed by atoms with van der Waals surface area (Å²) < 4.78 is 24.9. The van der Waals surface area contributed by atoms with Crippen LogP contribution in [0.25, 0.3) is 5.70 Å². The van der Waals surface area contributed by atoms with Gasteiger partial charge in [0.25, 0.3) is 0 Å². The van der Waals surface area contributed by atoms with Crippen molar-refractivity contribution in [2.45, 2.75) is 13.5 Å². The molecule has 6 heteroatoms. The second kappa shape index (κ2) is 3.88. The molecule has 16 heavy (non-hydrogen) atoms. The minimum atomic E-state index is -2.59. The van der Waals surface area contributed by atoms with Crippen LogP contribution in [-0.2, 0) is 0 Å². The first-order chi connectivity index (χ1) is 7.58. The van der Waals surface area contributed by atoms with E-state index in [0.29, 0.717) is 5.70 Å². The first-order valence-corrected chi connectivity index (χ1v) is 4.62. The fraction of sp³-hybridized carbons (Fsp3) is 0.200. The second-order valence-corrected chi connectivity index (χ2v) is 3.34. The molecule has 0 spiro atoms. The third-order valence-corrected chi connectivity index (χ3v) is 2.10. The van der Waals surface area contributed by atoms with Crippen LogP contribution >= 0.6 is 0 Å². The normalized spacial score (nSPS) is 15.9. The molecule has 2 rings (SSSR count). The molecule has 4 nitrogen and oxygen atoms in total. The molecule has 0 saturated carbocycles. The minimum Gasteiger partial charge on any atom is -0.292 e. The van der Waals surface area contributed by atoms with E-state index >= 15 is 0 Å². The average molecular weight is 224 g/mol. The summed E-state index contributed by atoms with van der Waals surface area (Å²) in [4.78, 5) is 2.15. The van der Waals surface area contributed by atoms with Gasteiger partial charge in [-0.3, -0.25) is 4.90 Å². The highest BCUT2D eigenvalue weighted by Crippen LogP contribution is 2.21. The Bertz CT molecular complexity index is 473. The molecule has 0 radical (unpaired) electrons. The molecule has 0 aliphatic carbocycles. The fourth-order valence-electron chi connectivity index (χ4n) is 1.32. The maximum atomic E-state index is 12.5. The van der Waals surface area contributed by atoms with Crippen molar-refractivity contribution in [3.63, 3.8) is 0 Å². The Hall–Kier alpha value is -1.98. The van der Waals surface area contributed by atoms with Crippen molar-refractivity contribution < 1.29 is 8.78 Å². The van der Waals surface area contributed by atoms with Gasteiger partial charge in [-0.1, -0.05) is 6.58 Å². The number of rotatable bonds is 2. The van der Waals surface area contributed by atoms with Gasteiger partial charge in [0.1, 0.15) is 0 Å². The van der Waals surface area contributed by atoms with Gasteiger partial charge in [-0.05, 0) is 19.1 Å². The van der Waals surface area contributed by atoms with Crippen molar-refractivity contribution in [3.8, 4) is 0 Å². The van der Waals surface area contributed by atoms with Crippen molar-refractivity contribution >= 4 is 5.70 Å². The topological polar surface area (TPSA) is 34.0 Å². The van der Waals surface area contributed by atoms with Crippen LogP contribution in [0.1, 0.15) is 5.69 Å². The monoisotopic (exact) mass is 224 g/mol. The summed E-state index contributed by atoms with van der Waals surface area (Å²) in [5.41, 5.74) is 1.58. The smallest absolute Gasteiger partial charge is 0.292 e. The third kappa shape index (κ3) is 1.86. The number of nitrogens with zero attached hydrogens (tertiary/aromatic N) is 4. The Morgan fingerprint density at radius 3 is 2.69 bits per heavy atom. The highest BCUT2D eigenvalue weighted by Gasteiger charge is 2.18. The Kier molecular flexibility index (Phi) is 2.55. The first kappa shape index (κ1) is 10.5. The lowest BCUT2D eigenvalue weighted by molar-refractivity contribution is 0.0302. The molecule has 2 heterocycles. The number of alkyl halides is 2. The van der Waals surface area contributed by atoms with E-state index in [2.05, 4.69) is 16.8 Å². The molecule has 1 aromatic rings. The van der Waals surface area contributed by atoms with Crippen LogP contribution in [0.2, 0.25) is 0 Å². The molecule has 1 aliphatic rings. The van der Waals surface area contributed by atoms with Gasteiger partial charge in [0.15, 0.2) is 0 Å². The van der Waals surface area contributed by atoms with Crippen molar-refractivity contribution in [2.75, 3.05) is 0 Å². The van der Waals surface area contributed by atoms with E-state index in [-0.39, 0.29) is 5.70 Å². The number of aromatic nitrogens is 3. The molecule has 1 aliphatic heterocycles. The molecular formula is C10H10F2N4. The van der Waals surface area contributed by atoms with Gasteiger partial charge in [0.05, 0.1) is 17.6 Å². The lowest BCUT2D eigenvalue weighted by Gasteiger charge is -2.23. The maximum Gasteiger partial charge on any atom is 0.318 e. The molecular weight excluding hydrogens is 214 g/mol. The van der Waals surface area contributed by atoms with Gasteiger partial charge in [-0.25, -0.2) is 0 Å². The first-order valence-electron chi connectivity index (χ1n) is 4.62. The number of halogens is 2. The quantitative estimate of drug-likeness (QED) is 0.720. The lowest BCUT2D eigenvalue weighted by Crippen LogP contribution is -2.23. The van der Waals surface area contributed by atoms with Crippen molar-refractivity contribution in [3.05, 3.63) is 42.5 Å². The standard InChI is InChI=1S/C10H10F2N4/c1-7-6-13-16(14-7)9-3-4-15(10(11)12)8(2)5-9/h3-6,10H,2H2,1H3. The summed E-state index contributed by atoms with van der Waals surface area (Å²) in [6.45, 7) is 2.76. The lowest BCUT2D eigenvalue weighted by atomic mass is 10.2. The van der Waals surface area contributed by atoms with E-state index < -0.39 is 6.55 Å². The zero-order chi connectivity index (χ0) is 11.7. The van der Waals surface area contributed by atoms with Crippen molar-refractivity contribution in [2.24, 2.45) is 0 Å². The van der Waals surface area contributed by atoms with E-state index in [0.717, 1.165) is 10.6 Å². The summed E-state index contributed by atoms with van der Waals surface area (Å²) in [5.74, 6) is 0. The predicted molar refractivity (Wildman–Crippen MR) is 55.2 cm³/mol. The summed E-state index contributed by atoms with van der Waals surface area (Å²) in [5, 5.41) is 8.06. The molecule has 0 saturated heterocycles. The molecule has 0 bridgehead atoms. The van der Waals surface area contributed by atoms with Crippen LogP contribution in [0.15, 0.2) is 36.8 Å². The number of hydrogen-bond donors (Lipinski definition) is 0. The fourth-order valence-corrected chi connectivity index (χ4v) is 1.32. The van der Waals surface area contributed by atoms with E-state index in [4.69, 9.17) is 0 Å². The molecule has 1 aromatic heterocycles. The molecule has 84 valence electrons. The van der Waals surface area contributed by atoms with Crippen LogP contribution in [0.5, 0.6) is 0 Å². The molecule has 0 amide bonds. The zero-order valence-electron chi connectivity index (χ0n) is 8.64. The van der Waals surface area contributed by atoms with E-state index in [1.807, 2.05) is 0 Å². The molecule has 0 aromatic carbocycles. The number of aryl methyl sites for hydroxylation is 1. The van der Waals surface area contributed by atoms with Gasteiger partial charge in [0, 0.05) is 11.9 Å². The zero-order valence-corrected chi connectivity index (χ0v) is 8.64. The van der Waals surface area contributed by atoms with Crippen molar-refractivity contribution in [1.82, 2.24) is 19.9 Å². The Morgan fingerprint density at radius 2 is 2.19 bits per heavy atom. The van der Waals surface area contributed by atoms with Crippen LogP contribution in [0, 0.1) is 6.92 Å². The van der Waals surface area contributed by atoms with Crippen LogP contribution in [0.4, 0.5) is 8.78 Å². The van der Waals surface area contributed by atoms with Gasteiger partial charge in [-0.15, -0.1) is 0 Å². The summed E-state index contributed by atoms with van der Waals surface area (Å²) >= 11 is 0. The number of allylic oxidation sites excluding steroid dienone is 3. The SMILES string of the molecule is C=C1C=C(n2ncc(C)n2)C=CN1C(F)F. The van der Waals surface area contributed by atoms with E-state index in [1.165, 1.54) is 23.1 Å². The van der Waals surface area contributed by atoms with Gasteiger partial charge >= 0.3 is 6.55 Å². The number of hydrogen-bond acceptors (Lipinski definition) is 3. The van der Waals surface area contributed by atoms with E-state index in [1.54, 1.807) is 13.1 Å². The Balaban J connectivity index is 2.25. The van der Waals surface area contributed by atoms with Crippen LogP contribution in [0.3, 0.4) is 0 Å². The predicted octanol–water partition coefficient (Wildman–Crippen LogP) is 1.99. The average Bonchev–Trinajstić information content (AvgIpc) is 2.64. The largest absolute Gasteiger partial charge is 0.318 e. The van der Waals surface area contributed by atoms with Crippen LogP contribution < -0.4 is 0 Å². The summed E-state index contributed by atoms with van der Waals surface area (Å²) in [7, 11) is 0. The molecule has 0 unspecified atom stereocenters. The highest BCUT2D eigenvalue weighted by molar-refractivity contribution is 5.61. The van der Waals surface area contributed by atoms with E-state index in [9.17, 15) is 8.78 Å². The summed E-state index contributed by atoms with van der Waals surface area (Å²) in [6.07, 6.45) is 5.88. The second-order valence-electron chi connectivity index (χ2n) is 3.34. The van der Waals surface area contributed by atoms with Gasteiger partial charge < -0.3 is 0 Å². The minimum absolute atomic E-state index is 0.211.